The lowest BCUT2D eigenvalue weighted by Gasteiger charge is -2.64. The minimum absolute atomic E-state index is 0.00779. The predicted molar refractivity (Wildman–Crippen MR) is 171 cm³/mol. The van der Waals surface area contributed by atoms with E-state index in [2.05, 4.69) is 64.9 Å². The van der Waals surface area contributed by atoms with Gasteiger partial charge in [0.15, 0.2) is 5.03 Å². The minimum Gasteiger partial charge on any atom is -0.404 e. The van der Waals surface area contributed by atoms with Crippen molar-refractivity contribution in [3.63, 3.8) is 0 Å². The molecule has 12 heteroatoms. The molecule has 4 aliphatic carbocycles. The zero-order valence-electron chi connectivity index (χ0n) is 28.1. The van der Waals surface area contributed by atoms with Gasteiger partial charge in [-0.3, -0.25) is 9.59 Å². The first-order chi connectivity index (χ1) is 20.4. The quantitative estimate of drug-likeness (QED) is 0.0491. The molecule has 5 fully saturated rings. The van der Waals surface area contributed by atoms with Crippen molar-refractivity contribution in [1.29, 1.82) is 0 Å². The van der Waals surface area contributed by atoms with Gasteiger partial charge in [0.25, 0.3) is 5.96 Å². The third-order valence-corrected chi connectivity index (χ3v) is 11.1. The number of amides is 1. The van der Waals surface area contributed by atoms with E-state index in [0.29, 0.717) is 31.1 Å². The first kappa shape index (κ1) is 34.4. The Morgan fingerprint density at radius 2 is 1.84 bits per heavy atom. The number of rotatable bonds is 14. The van der Waals surface area contributed by atoms with Crippen molar-refractivity contribution in [2.45, 2.75) is 118 Å². The van der Waals surface area contributed by atoms with E-state index >= 15 is 0 Å². The monoisotopic (exact) mass is 615 g/mol. The van der Waals surface area contributed by atoms with Gasteiger partial charge in [0.2, 0.25) is 5.91 Å². The summed E-state index contributed by atoms with van der Waals surface area (Å²) >= 11 is 0. The Balaban J connectivity index is 1.48. The summed E-state index contributed by atoms with van der Waals surface area (Å²) in [5.74, 6) is 0.0355. The Bertz CT molecular complexity index is 1180. The highest BCUT2D eigenvalue weighted by Crippen LogP contribution is 2.66. The topological polar surface area (TPSA) is 158 Å². The van der Waals surface area contributed by atoms with E-state index < -0.39 is 18.1 Å². The van der Waals surface area contributed by atoms with Gasteiger partial charge in [-0.15, -0.1) is 0 Å². The van der Waals surface area contributed by atoms with Crippen LogP contribution in [0.5, 0.6) is 0 Å². The smallest absolute Gasteiger partial charge is 0.404 e. The SMILES string of the molecule is CC(C)=CC1C(C(=O)C[C@@H](CCCN=C(N)N[N+](=O)[O-])C(=O)N[C@@H](CC(C)C)B2O[C@@H]3C[C@H]4C[C@H](C4(C)C)[C@]3(C)O2)C1(C)C. The number of hydrazine groups is 1. The van der Waals surface area contributed by atoms with Crippen molar-refractivity contribution in [2.24, 2.45) is 57.1 Å². The van der Waals surface area contributed by atoms with Crippen LogP contribution >= 0.6 is 0 Å². The molecule has 1 saturated heterocycles. The lowest BCUT2D eigenvalue weighted by atomic mass is 9.43. The number of guanidine groups is 1. The molecule has 246 valence electrons. The van der Waals surface area contributed by atoms with Crippen LogP contribution in [0.3, 0.4) is 0 Å². The summed E-state index contributed by atoms with van der Waals surface area (Å²) < 4.78 is 13.3. The van der Waals surface area contributed by atoms with Crippen molar-refractivity contribution < 1.29 is 23.9 Å². The van der Waals surface area contributed by atoms with E-state index in [0.717, 1.165) is 12.8 Å². The van der Waals surface area contributed by atoms with Gasteiger partial charge in [0, 0.05) is 24.8 Å². The summed E-state index contributed by atoms with van der Waals surface area (Å²) in [5, 5.41) is 13.1. The molecule has 11 nitrogen and oxygen atoms in total. The lowest BCUT2D eigenvalue weighted by molar-refractivity contribution is -0.525. The van der Waals surface area contributed by atoms with Gasteiger partial charge >= 0.3 is 7.12 Å². The Hall–Kier alpha value is -2.47. The molecule has 5 rings (SSSR count). The number of carbonyl (C=O) groups excluding carboxylic acids is 2. The largest absolute Gasteiger partial charge is 0.481 e. The number of nitro groups is 1. The van der Waals surface area contributed by atoms with Crippen molar-refractivity contribution >= 4 is 24.8 Å². The third-order valence-electron chi connectivity index (χ3n) is 11.1. The number of allylic oxidation sites excluding steroid dienone is 2. The lowest BCUT2D eigenvalue weighted by Crippen LogP contribution is -2.65. The maximum atomic E-state index is 14.0. The average molecular weight is 616 g/mol. The Kier molecular flexibility index (Phi) is 9.96. The molecule has 0 aromatic rings. The normalized spacial score (nSPS) is 32.6. The number of carbonyl (C=O) groups is 2. The summed E-state index contributed by atoms with van der Waals surface area (Å²) in [4.78, 5) is 42.3. The first-order valence-electron chi connectivity index (χ1n) is 16.4. The molecule has 1 heterocycles. The van der Waals surface area contributed by atoms with Crippen molar-refractivity contribution in [3.05, 3.63) is 21.8 Å². The third kappa shape index (κ3) is 7.01. The number of ketones is 1. The summed E-state index contributed by atoms with van der Waals surface area (Å²) in [6.07, 6.45) is 5.94. The second-order valence-electron chi connectivity index (χ2n) is 15.8. The summed E-state index contributed by atoms with van der Waals surface area (Å²) in [6.45, 7) is 19.5. The number of aliphatic imine (C=N–C) groups is 1. The number of Topliss-reactive ketones (excluding diaryl/α,β-unsaturated/α-hetero) is 1. The molecule has 1 amide bonds. The summed E-state index contributed by atoms with van der Waals surface area (Å²) in [7, 11) is -0.551. The molecule has 2 unspecified atom stereocenters. The van der Waals surface area contributed by atoms with E-state index in [4.69, 9.17) is 15.0 Å². The highest BCUT2D eigenvalue weighted by atomic mass is 16.7. The molecule has 0 aromatic carbocycles. The highest BCUT2D eigenvalue weighted by molar-refractivity contribution is 6.47. The van der Waals surface area contributed by atoms with Crippen LogP contribution in [-0.2, 0) is 18.9 Å². The van der Waals surface area contributed by atoms with Gasteiger partial charge in [-0.2, -0.15) is 0 Å². The molecule has 0 aromatic heterocycles. The number of nitrogens with two attached hydrogens (primary N) is 1. The van der Waals surface area contributed by atoms with Crippen LogP contribution in [-0.4, -0.2) is 54.0 Å². The second-order valence-corrected chi connectivity index (χ2v) is 15.8. The van der Waals surface area contributed by atoms with Crippen molar-refractivity contribution in [3.8, 4) is 0 Å². The zero-order valence-corrected chi connectivity index (χ0v) is 28.1. The maximum absolute atomic E-state index is 14.0. The number of nitrogens with one attached hydrogen (secondary N) is 2. The Morgan fingerprint density at radius 3 is 2.43 bits per heavy atom. The molecule has 4 saturated carbocycles. The van der Waals surface area contributed by atoms with Crippen LogP contribution in [0.4, 0.5) is 0 Å². The molecule has 8 atom stereocenters. The van der Waals surface area contributed by atoms with Crippen LogP contribution in [0.2, 0.25) is 0 Å². The summed E-state index contributed by atoms with van der Waals surface area (Å²) in [6, 6.07) is 0. The number of hydrogen-bond acceptors (Lipinski definition) is 7. The molecule has 0 radical (unpaired) electrons. The Labute approximate surface area is 263 Å². The second kappa shape index (κ2) is 12.7. The van der Waals surface area contributed by atoms with Crippen LogP contribution < -0.4 is 16.5 Å². The van der Waals surface area contributed by atoms with Gasteiger partial charge in [-0.05, 0) is 87.4 Å². The molecule has 44 heavy (non-hydrogen) atoms. The van der Waals surface area contributed by atoms with Gasteiger partial charge in [-0.1, -0.05) is 58.6 Å². The fourth-order valence-corrected chi connectivity index (χ4v) is 8.44. The molecular weight excluding hydrogens is 561 g/mol. The predicted octanol–water partition coefficient (Wildman–Crippen LogP) is 4.47. The van der Waals surface area contributed by atoms with Crippen LogP contribution in [0.15, 0.2) is 16.6 Å². The molecule has 4 N–H and O–H groups in total. The molecular formula is C32H54BN5O6. The van der Waals surface area contributed by atoms with E-state index in [1.807, 2.05) is 19.3 Å². The average Bonchev–Trinajstić information content (AvgIpc) is 3.23. The van der Waals surface area contributed by atoms with Crippen molar-refractivity contribution in [1.82, 2.24) is 10.7 Å². The zero-order chi connectivity index (χ0) is 32.8. The Morgan fingerprint density at radius 1 is 1.16 bits per heavy atom. The fourth-order valence-electron chi connectivity index (χ4n) is 8.44. The van der Waals surface area contributed by atoms with Gasteiger partial charge < -0.3 is 20.4 Å². The standard InChI is InChI=1S/C32H54BN5O6/c1-18(2)13-22-27(31(22,7)8)23(39)15-20(11-10-12-35-29(34)37-38(41)42)28(40)36-26(14-19(3)4)33-43-25-17-21-16-24(30(21,5)6)32(25,9)44-33/h13,19-22,24-27H,10-12,14-17H2,1-9H3,(H,36,40)(H3,34,35,37)/t20-,21-,22?,24-,25-,26+,27?,32+/m1/s1. The molecule has 2 bridgehead atoms. The van der Waals surface area contributed by atoms with Gasteiger partial charge in [0.05, 0.1) is 17.6 Å². The van der Waals surface area contributed by atoms with Crippen LogP contribution in [0.25, 0.3) is 0 Å². The first-order valence-corrected chi connectivity index (χ1v) is 16.4. The number of hydrogen-bond donors (Lipinski definition) is 3. The van der Waals surface area contributed by atoms with Crippen LogP contribution in [0.1, 0.15) is 101 Å². The van der Waals surface area contributed by atoms with Gasteiger partial charge in [0.1, 0.15) is 5.78 Å². The van der Waals surface area contributed by atoms with Gasteiger partial charge in [-0.25, -0.2) is 15.1 Å². The van der Waals surface area contributed by atoms with E-state index in [1.54, 1.807) is 0 Å². The van der Waals surface area contributed by atoms with E-state index in [-0.39, 0.29) is 76.8 Å². The summed E-state index contributed by atoms with van der Waals surface area (Å²) in [5.41, 5.74) is 8.26. The highest BCUT2D eigenvalue weighted by Gasteiger charge is 2.68. The maximum Gasteiger partial charge on any atom is 0.481 e. The van der Waals surface area contributed by atoms with E-state index in [9.17, 15) is 19.7 Å². The van der Waals surface area contributed by atoms with Crippen molar-refractivity contribution in [2.75, 3.05) is 6.54 Å². The van der Waals surface area contributed by atoms with E-state index in [1.165, 1.54) is 5.57 Å². The molecule has 5 aliphatic rings. The van der Waals surface area contributed by atoms with Crippen LogP contribution in [0, 0.1) is 56.5 Å². The fraction of sp³-hybridized carbons (Fsp3) is 0.844. The molecule has 0 spiro atoms. The number of nitrogens with zero attached hydrogens (tertiary/aromatic N) is 2. The molecule has 1 aliphatic heterocycles. The minimum atomic E-state index is -0.767.